The summed E-state index contributed by atoms with van der Waals surface area (Å²) in [5.41, 5.74) is 0. The van der Waals surface area contributed by atoms with Crippen LogP contribution in [0.4, 0.5) is 0 Å². The highest BCUT2D eigenvalue weighted by molar-refractivity contribution is 7.80. The zero-order valence-corrected chi connectivity index (χ0v) is 5.41. The molecule has 2 fully saturated rings. The second-order valence-electron chi connectivity index (χ2n) is 2.45. The lowest BCUT2D eigenvalue weighted by molar-refractivity contribution is 0.389. The van der Waals surface area contributed by atoms with Gasteiger partial charge >= 0.3 is 0 Å². The molecule has 1 aliphatic carbocycles. The van der Waals surface area contributed by atoms with E-state index in [0.717, 1.165) is 11.3 Å². The maximum atomic E-state index is 5.25. The van der Waals surface area contributed by atoms with Crippen molar-refractivity contribution in [3.63, 3.8) is 0 Å². The fourth-order valence-corrected chi connectivity index (χ4v) is 1.62. The molecule has 1 heterocycles. The highest BCUT2D eigenvalue weighted by Gasteiger charge is 2.43. The Labute approximate surface area is 54.0 Å². The van der Waals surface area contributed by atoms with Crippen LogP contribution in [0.5, 0.6) is 0 Å². The molecule has 8 heavy (non-hydrogen) atoms. The molecule has 1 nitrogen and oxygen atoms in total. The van der Waals surface area contributed by atoms with Crippen LogP contribution in [0.2, 0.25) is 0 Å². The van der Waals surface area contributed by atoms with Gasteiger partial charge in [0.25, 0.3) is 0 Å². The van der Waals surface area contributed by atoms with Gasteiger partial charge in [0.2, 0.25) is 0 Å². The molecule has 44 valence electrons. The van der Waals surface area contributed by atoms with Crippen LogP contribution in [0, 0.1) is 0 Å². The Morgan fingerprint density at radius 2 is 2.50 bits per heavy atom. The van der Waals surface area contributed by atoms with E-state index < -0.39 is 0 Å². The maximum Gasteiger partial charge on any atom is 0.115 e. The first-order valence-corrected chi connectivity index (χ1v) is 3.47. The third kappa shape index (κ3) is 0.599. The molecular weight excluding hydrogens is 120 g/mol. The molecule has 0 aromatic rings. The number of hydrogen-bond donors (Lipinski definition) is 0. The van der Waals surface area contributed by atoms with E-state index in [0.29, 0.717) is 12.2 Å². The minimum absolute atomic E-state index is 0.402. The van der Waals surface area contributed by atoms with Crippen molar-refractivity contribution in [2.24, 2.45) is 0 Å². The first-order chi connectivity index (χ1) is 3.88. The van der Waals surface area contributed by atoms with Crippen LogP contribution in [0.25, 0.3) is 0 Å². The molecule has 2 rings (SSSR count). The Hall–Kier alpha value is 0.0500. The molecule has 0 amide bonds. The van der Waals surface area contributed by atoms with Crippen LogP contribution in [-0.4, -0.2) is 17.1 Å². The van der Waals surface area contributed by atoms with Crippen molar-refractivity contribution < 1.29 is 4.74 Å². The number of hydrogen-bond acceptors (Lipinski definition) is 2. The summed E-state index contributed by atoms with van der Waals surface area (Å²) in [6.45, 7) is 0. The van der Waals surface area contributed by atoms with Gasteiger partial charge in [-0.3, -0.25) is 0 Å². The molecule has 2 unspecified atom stereocenters. The molecule has 0 radical (unpaired) electrons. The summed E-state index contributed by atoms with van der Waals surface area (Å²) < 4.78 is 5.25. The number of ether oxygens (including phenoxy) is 1. The van der Waals surface area contributed by atoms with Gasteiger partial charge < -0.3 is 4.74 Å². The quantitative estimate of drug-likeness (QED) is 0.360. The van der Waals surface area contributed by atoms with Crippen molar-refractivity contribution in [3.8, 4) is 0 Å². The average Bonchev–Trinajstić information content (AvgIpc) is 2.45. The van der Waals surface area contributed by atoms with Gasteiger partial charge in [-0.05, 0) is 19.3 Å². The second kappa shape index (κ2) is 1.52. The predicted molar refractivity (Wildman–Crippen MR) is 35.1 cm³/mol. The van der Waals surface area contributed by atoms with Gasteiger partial charge in [-0.25, -0.2) is 0 Å². The van der Waals surface area contributed by atoms with E-state index in [-0.39, 0.29) is 0 Å². The Bertz CT molecular complexity index is 132. The number of epoxide rings is 1. The summed E-state index contributed by atoms with van der Waals surface area (Å²) in [6, 6.07) is 0. The summed E-state index contributed by atoms with van der Waals surface area (Å²) in [6.07, 6.45) is 4.55. The van der Waals surface area contributed by atoms with Crippen molar-refractivity contribution in [1.29, 1.82) is 0 Å². The molecule has 0 bridgehead atoms. The van der Waals surface area contributed by atoms with Crippen LogP contribution in [0.15, 0.2) is 0 Å². The summed E-state index contributed by atoms with van der Waals surface area (Å²) in [4.78, 5) is 1.15. The van der Waals surface area contributed by atoms with Gasteiger partial charge in [0.1, 0.15) is 6.10 Å². The molecule has 2 heteroatoms. The fourth-order valence-electron chi connectivity index (χ4n) is 1.27. The van der Waals surface area contributed by atoms with E-state index in [1.807, 2.05) is 0 Å². The Balaban J connectivity index is 2.08. The molecule has 2 aliphatic rings. The van der Waals surface area contributed by atoms with Crippen molar-refractivity contribution in [2.45, 2.75) is 31.5 Å². The molecule has 0 aromatic carbocycles. The molecule has 2 atom stereocenters. The molecule has 0 spiro atoms. The van der Waals surface area contributed by atoms with Crippen LogP contribution < -0.4 is 0 Å². The lowest BCUT2D eigenvalue weighted by atomic mass is 10.0. The largest absolute Gasteiger partial charge is 0.364 e. The SMILES string of the molecule is S=C1CCCC2OC12. The van der Waals surface area contributed by atoms with Gasteiger partial charge in [-0.1, -0.05) is 12.2 Å². The van der Waals surface area contributed by atoms with Crippen LogP contribution in [-0.2, 0) is 4.74 Å². The number of fused-ring (bicyclic) bond motifs is 1. The van der Waals surface area contributed by atoms with Crippen LogP contribution >= 0.6 is 12.2 Å². The molecule has 1 saturated carbocycles. The Morgan fingerprint density at radius 1 is 1.62 bits per heavy atom. The summed E-state index contributed by atoms with van der Waals surface area (Å²) in [7, 11) is 0. The van der Waals surface area contributed by atoms with Crippen LogP contribution in [0.1, 0.15) is 19.3 Å². The lowest BCUT2D eigenvalue weighted by Crippen LogP contribution is -2.12. The van der Waals surface area contributed by atoms with E-state index in [4.69, 9.17) is 17.0 Å². The maximum absolute atomic E-state index is 5.25. The molecule has 1 saturated heterocycles. The topological polar surface area (TPSA) is 12.5 Å². The van der Waals surface area contributed by atoms with Crippen molar-refractivity contribution in [3.05, 3.63) is 0 Å². The predicted octanol–water partition coefficient (Wildman–Crippen LogP) is 1.31. The van der Waals surface area contributed by atoms with E-state index in [2.05, 4.69) is 0 Å². The van der Waals surface area contributed by atoms with Crippen LogP contribution in [0.3, 0.4) is 0 Å². The van der Waals surface area contributed by atoms with Gasteiger partial charge in [0.15, 0.2) is 0 Å². The van der Waals surface area contributed by atoms with E-state index in [1.54, 1.807) is 0 Å². The third-order valence-corrected chi connectivity index (χ3v) is 2.25. The van der Waals surface area contributed by atoms with Crippen molar-refractivity contribution in [2.75, 3.05) is 0 Å². The minimum atomic E-state index is 0.402. The lowest BCUT2D eigenvalue weighted by Gasteiger charge is -2.03. The average molecular weight is 128 g/mol. The van der Waals surface area contributed by atoms with Gasteiger partial charge in [0.05, 0.1) is 6.10 Å². The number of thiocarbonyl (C=S) groups is 1. The second-order valence-corrected chi connectivity index (χ2v) is 2.98. The monoisotopic (exact) mass is 128 g/mol. The highest BCUT2D eigenvalue weighted by Crippen LogP contribution is 2.34. The van der Waals surface area contributed by atoms with Gasteiger partial charge in [-0.15, -0.1) is 0 Å². The third-order valence-electron chi connectivity index (χ3n) is 1.81. The number of rotatable bonds is 0. The first kappa shape index (κ1) is 4.89. The van der Waals surface area contributed by atoms with E-state index >= 15 is 0 Å². The molecular formula is C6H8OS. The highest BCUT2D eigenvalue weighted by atomic mass is 32.1. The fraction of sp³-hybridized carbons (Fsp3) is 0.833. The minimum Gasteiger partial charge on any atom is -0.364 e. The molecule has 1 aliphatic heterocycles. The standard InChI is InChI=1S/C6H8OS/c8-5-3-1-2-4-6(5)7-4/h4,6H,1-3H2. The smallest absolute Gasteiger partial charge is 0.115 e. The molecule has 0 aromatic heterocycles. The molecule has 0 N–H and O–H groups in total. The van der Waals surface area contributed by atoms with E-state index in [9.17, 15) is 0 Å². The summed E-state index contributed by atoms with van der Waals surface area (Å²) in [5, 5.41) is 0. The summed E-state index contributed by atoms with van der Waals surface area (Å²) >= 11 is 5.04. The van der Waals surface area contributed by atoms with Gasteiger partial charge in [0, 0.05) is 4.86 Å². The van der Waals surface area contributed by atoms with Gasteiger partial charge in [-0.2, -0.15) is 0 Å². The van der Waals surface area contributed by atoms with E-state index in [1.165, 1.54) is 12.8 Å². The zero-order valence-electron chi connectivity index (χ0n) is 4.59. The van der Waals surface area contributed by atoms with Crippen molar-refractivity contribution >= 4 is 17.1 Å². The Morgan fingerprint density at radius 3 is 3.12 bits per heavy atom. The zero-order chi connectivity index (χ0) is 5.56. The Kier molecular flexibility index (Phi) is 0.925. The normalized spacial score (nSPS) is 43.8. The van der Waals surface area contributed by atoms with Crippen molar-refractivity contribution in [1.82, 2.24) is 0 Å². The summed E-state index contributed by atoms with van der Waals surface area (Å²) in [5.74, 6) is 0. The first-order valence-electron chi connectivity index (χ1n) is 3.06.